The Bertz CT molecular complexity index is 313. The van der Waals surface area contributed by atoms with Gasteiger partial charge in [-0.25, -0.2) is 0 Å². The van der Waals surface area contributed by atoms with E-state index in [1.165, 1.54) is 11.1 Å². The van der Waals surface area contributed by atoms with Crippen LogP contribution < -0.4 is 4.74 Å². The number of ether oxygens (including phenoxy) is 1. The van der Waals surface area contributed by atoms with Crippen LogP contribution in [0.2, 0.25) is 0 Å². The van der Waals surface area contributed by atoms with Crippen LogP contribution in [0.5, 0.6) is 5.75 Å². The molecule has 0 unspecified atom stereocenters. The predicted octanol–water partition coefficient (Wildman–Crippen LogP) is 3.72. The van der Waals surface area contributed by atoms with Gasteiger partial charge >= 0.3 is 0 Å². The molecule has 0 N–H and O–H groups in total. The van der Waals surface area contributed by atoms with E-state index in [1.807, 2.05) is 6.07 Å². The first-order chi connectivity index (χ1) is 6.42. The summed E-state index contributed by atoms with van der Waals surface area (Å²) >= 11 is 3.65. The van der Waals surface area contributed by atoms with Crippen molar-refractivity contribution in [1.29, 1.82) is 0 Å². The van der Waals surface area contributed by atoms with E-state index < -0.39 is 0 Å². The second kappa shape index (κ2) is 4.35. The molecule has 0 saturated heterocycles. The average molecular weight is 257 g/mol. The molecule has 0 aliphatic rings. The average Bonchev–Trinajstić information content (AvgIpc) is 2.01. The molecule has 0 aliphatic heterocycles. The van der Waals surface area contributed by atoms with Crippen molar-refractivity contribution in [1.82, 2.24) is 0 Å². The first-order valence-electron chi connectivity index (χ1n) is 4.75. The van der Waals surface area contributed by atoms with Crippen molar-refractivity contribution in [2.45, 2.75) is 31.5 Å². The number of rotatable bonds is 3. The van der Waals surface area contributed by atoms with Gasteiger partial charge in [-0.3, -0.25) is 0 Å². The molecule has 0 bridgehead atoms. The second-order valence-corrected chi connectivity index (χ2v) is 6.36. The third-order valence-electron chi connectivity index (χ3n) is 2.05. The third-order valence-corrected chi connectivity index (χ3v) is 2.33. The fraction of sp³-hybridized carbons (Fsp3) is 0.500. The summed E-state index contributed by atoms with van der Waals surface area (Å²) in [5.41, 5.74) is 2.53. The van der Waals surface area contributed by atoms with E-state index in [-0.39, 0.29) is 4.32 Å². The van der Waals surface area contributed by atoms with Crippen molar-refractivity contribution in [3.8, 4) is 5.75 Å². The molecule has 0 spiro atoms. The summed E-state index contributed by atoms with van der Waals surface area (Å²) in [5, 5.41) is 0. The van der Waals surface area contributed by atoms with Gasteiger partial charge in [0.15, 0.2) is 0 Å². The largest absolute Gasteiger partial charge is 0.496 e. The molecule has 1 aromatic carbocycles. The Morgan fingerprint density at radius 1 is 1.36 bits per heavy atom. The van der Waals surface area contributed by atoms with E-state index in [9.17, 15) is 0 Å². The van der Waals surface area contributed by atoms with Crippen LogP contribution in [-0.2, 0) is 6.42 Å². The molecule has 0 fully saturated rings. The van der Waals surface area contributed by atoms with Gasteiger partial charge in [-0.2, -0.15) is 0 Å². The molecule has 0 heterocycles. The van der Waals surface area contributed by atoms with Crippen LogP contribution in [0.4, 0.5) is 0 Å². The van der Waals surface area contributed by atoms with Gasteiger partial charge in [-0.15, -0.1) is 0 Å². The molecule has 1 aromatic rings. The zero-order chi connectivity index (χ0) is 10.8. The Morgan fingerprint density at radius 2 is 2.00 bits per heavy atom. The monoisotopic (exact) mass is 256 g/mol. The van der Waals surface area contributed by atoms with E-state index in [0.717, 1.165) is 12.2 Å². The zero-order valence-electron chi connectivity index (χ0n) is 9.23. The van der Waals surface area contributed by atoms with Gasteiger partial charge in [-0.1, -0.05) is 33.6 Å². The van der Waals surface area contributed by atoms with Crippen LogP contribution in [0.3, 0.4) is 0 Å². The zero-order valence-corrected chi connectivity index (χ0v) is 10.8. The van der Waals surface area contributed by atoms with E-state index in [2.05, 4.69) is 48.8 Å². The number of benzene rings is 1. The van der Waals surface area contributed by atoms with Crippen LogP contribution in [0.15, 0.2) is 18.2 Å². The van der Waals surface area contributed by atoms with Gasteiger partial charge in [0.1, 0.15) is 5.75 Å². The second-order valence-electron chi connectivity index (χ2n) is 4.21. The number of alkyl halides is 1. The van der Waals surface area contributed by atoms with E-state index in [0.29, 0.717) is 0 Å². The maximum atomic E-state index is 5.33. The van der Waals surface area contributed by atoms with Crippen molar-refractivity contribution in [2.24, 2.45) is 0 Å². The molecule has 2 heteroatoms. The van der Waals surface area contributed by atoms with Gasteiger partial charge in [0.2, 0.25) is 0 Å². The molecular formula is C12H17BrO. The molecule has 1 nitrogen and oxygen atoms in total. The van der Waals surface area contributed by atoms with Gasteiger partial charge in [0.05, 0.1) is 7.11 Å². The van der Waals surface area contributed by atoms with E-state index >= 15 is 0 Å². The van der Waals surface area contributed by atoms with Gasteiger partial charge < -0.3 is 4.74 Å². The summed E-state index contributed by atoms with van der Waals surface area (Å²) in [6, 6.07) is 6.29. The number of halogens is 1. The minimum atomic E-state index is 0.119. The molecule has 78 valence electrons. The maximum Gasteiger partial charge on any atom is 0.122 e. The topological polar surface area (TPSA) is 9.23 Å². The lowest BCUT2D eigenvalue weighted by Crippen LogP contribution is -2.14. The highest BCUT2D eigenvalue weighted by Gasteiger charge is 2.16. The lowest BCUT2D eigenvalue weighted by Gasteiger charge is -2.18. The number of methoxy groups -OCH3 is 1. The molecule has 0 saturated carbocycles. The van der Waals surface area contributed by atoms with E-state index in [4.69, 9.17) is 4.74 Å². The summed E-state index contributed by atoms with van der Waals surface area (Å²) in [6.07, 6.45) is 0.970. The first-order valence-corrected chi connectivity index (χ1v) is 5.54. The number of aryl methyl sites for hydroxylation is 1. The number of hydrogen-bond donors (Lipinski definition) is 0. The van der Waals surface area contributed by atoms with Crippen molar-refractivity contribution in [2.75, 3.05) is 7.11 Å². The molecule has 0 atom stereocenters. The summed E-state index contributed by atoms with van der Waals surface area (Å²) in [7, 11) is 1.72. The lowest BCUT2D eigenvalue weighted by molar-refractivity contribution is 0.408. The first kappa shape index (κ1) is 11.6. The SMILES string of the molecule is COc1ccc(C)cc1CC(C)(C)Br. The predicted molar refractivity (Wildman–Crippen MR) is 64.4 cm³/mol. The third kappa shape index (κ3) is 3.33. The molecule has 1 rings (SSSR count). The number of hydrogen-bond acceptors (Lipinski definition) is 1. The van der Waals surface area contributed by atoms with Gasteiger partial charge in [0.25, 0.3) is 0 Å². The fourth-order valence-corrected chi connectivity index (χ4v) is 1.80. The summed E-state index contributed by atoms with van der Waals surface area (Å²) < 4.78 is 5.44. The van der Waals surface area contributed by atoms with Crippen molar-refractivity contribution >= 4 is 15.9 Å². The summed E-state index contributed by atoms with van der Waals surface area (Å²) in [4.78, 5) is 0. The maximum absolute atomic E-state index is 5.33. The molecule has 0 radical (unpaired) electrons. The lowest BCUT2D eigenvalue weighted by atomic mass is 10.0. The molecule has 14 heavy (non-hydrogen) atoms. The Morgan fingerprint density at radius 3 is 2.50 bits per heavy atom. The fourth-order valence-electron chi connectivity index (χ4n) is 1.50. The molecule has 0 aliphatic carbocycles. The van der Waals surface area contributed by atoms with Crippen LogP contribution in [0.25, 0.3) is 0 Å². The standard InChI is InChI=1S/C12H17BrO/c1-9-5-6-11(14-4)10(7-9)8-12(2,3)13/h5-7H,8H2,1-4H3. The normalized spacial score (nSPS) is 11.5. The Kier molecular flexibility index (Phi) is 3.59. The Balaban J connectivity index is 2.99. The molecular weight excluding hydrogens is 240 g/mol. The van der Waals surface area contributed by atoms with Gasteiger partial charge in [-0.05, 0) is 38.8 Å². The Hall–Kier alpha value is -0.500. The highest BCUT2D eigenvalue weighted by molar-refractivity contribution is 9.10. The summed E-state index contributed by atoms with van der Waals surface area (Å²) in [5.74, 6) is 0.975. The smallest absolute Gasteiger partial charge is 0.122 e. The minimum absolute atomic E-state index is 0.119. The van der Waals surface area contributed by atoms with Crippen molar-refractivity contribution in [3.05, 3.63) is 29.3 Å². The minimum Gasteiger partial charge on any atom is -0.496 e. The Labute approximate surface area is 94.6 Å². The van der Waals surface area contributed by atoms with Crippen molar-refractivity contribution in [3.63, 3.8) is 0 Å². The highest BCUT2D eigenvalue weighted by atomic mass is 79.9. The van der Waals surface area contributed by atoms with Crippen LogP contribution in [-0.4, -0.2) is 11.4 Å². The molecule has 0 aromatic heterocycles. The van der Waals surface area contributed by atoms with Crippen LogP contribution in [0.1, 0.15) is 25.0 Å². The quantitative estimate of drug-likeness (QED) is 0.750. The van der Waals surface area contributed by atoms with E-state index in [1.54, 1.807) is 7.11 Å². The highest BCUT2D eigenvalue weighted by Crippen LogP contribution is 2.28. The van der Waals surface area contributed by atoms with Crippen molar-refractivity contribution < 1.29 is 4.74 Å². The van der Waals surface area contributed by atoms with Crippen LogP contribution >= 0.6 is 15.9 Å². The molecule has 0 amide bonds. The van der Waals surface area contributed by atoms with Gasteiger partial charge in [0, 0.05) is 4.32 Å². The summed E-state index contributed by atoms with van der Waals surface area (Å²) in [6.45, 7) is 6.42. The van der Waals surface area contributed by atoms with Crippen LogP contribution in [0, 0.1) is 6.92 Å².